The number of pyridine rings is 2. The van der Waals surface area contributed by atoms with Crippen LogP contribution in [0.15, 0.2) is 77.7 Å². The van der Waals surface area contributed by atoms with Crippen molar-refractivity contribution in [3.8, 4) is 22.4 Å². The van der Waals surface area contributed by atoms with Gasteiger partial charge in [-0.25, -0.2) is 19.3 Å². The third kappa shape index (κ3) is 3.02. The molecule has 7 heteroatoms. The number of H-pyrrole nitrogens is 1. The summed E-state index contributed by atoms with van der Waals surface area (Å²) in [6.45, 7) is 1.23. The maximum Gasteiger partial charge on any atom is 0.347 e. The van der Waals surface area contributed by atoms with E-state index in [1.807, 2.05) is 48.5 Å². The number of ether oxygens (including phenoxy) is 2. The van der Waals surface area contributed by atoms with Crippen LogP contribution in [0.1, 0.15) is 11.9 Å². The number of hydrogen-bond acceptors (Lipinski definition) is 5. The predicted octanol–water partition coefficient (Wildman–Crippen LogP) is 3.95. The van der Waals surface area contributed by atoms with E-state index in [1.54, 1.807) is 6.20 Å². The summed E-state index contributed by atoms with van der Waals surface area (Å²) in [5.74, 6) is 0. The predicted molar refractivity (Wildman–Crippen MR) is 117 cm³/mol. The van der Waals surface area contributed by atoms with Crippen LogP contribution in [0.25, 0.3) is 38.9 Å². The minimum Gasteiger partial charge on any atom is -0.346 e. The number of fused-ring (bicyclic) bond motifs is 3. The summed E-state index contributed by atoms with van der Waals surface area (Å²) in [5.41, 5.74) is 5.91. The van der Waals surface area contributed by atoms with Crippen LogP contribution in [0.5, 0.6) is 0 Å². The second-order valence-corrected chi connectivity index (χ2v) is 7.42. The largest absolute Gasteiger partial charge is 0.347 e. The Labute approximate surface area is 176 Å². The molecule has 0 bridgehead atoms. The Hall–Kier alpha value is -3.81. The number of nitrogens with zero attached hydrogens (tertiary/aromatic N) is 3. The molecule has 2 aromatic carbocycles. The fraction of sp³-hybridized carbons (Fsp3) is 0.125. The zero-order valence-electron chi connectivity index (χ0n) is 16.5. The van der Waals surface area contributed by atoms with E-state index >= 15 is 0 Å². The Morgan fingerprint density at radius 1 is 0.935 bits per heavy atom. The van der Waals surface area contributed by atoms with Crippen LogP contribution in [0.2, 0.25) is 0 Å². The molecule has 0 atom stereocenters. The average Bonchev–Trinajstić information content (AvgIpc) is 3.49. The molecule has 1 aliphatic heterocycles. The van der Waals surface area contributed by atoms with E-state index in [0.29, 0.717) is 18.9 Å². The summed E-state index contributed by atoms with van der Waals surface area (Å²) in [6.07, 6.45) is 1.39. The molecule has 0 radical (unpaired) electrons. The first-order valence-electron chi connectivity index (χ1n) is 10.1. The topological polar surface area (TPSA) is 81.5 Å². The number of hydrogen-bond donors (Lipinski definition) is 1. The molecule has 0 spiro atoms. The Bertz CT molecular complexity index is 1450. The first-order valence-corrected chi connectivity index (χ1v) is 10.1. The lowest BCUT2D eigenvalue weighted by atomic mass is 9.97. The van der Waals surface area contributed by atoms with Crippen molar-refractivity contribution in [2.75, 3.05) is 13.2 Å². The highest BCUT2D eigenvalue weighted by Crippen LogP contribution is 2.35. The van der Waals surface area contributed by atoms with Gasteiger partial charge in [0.05, 0.1) is 24.4 Å². The lowest BCUT2D eigenvalue weighted by Crippen LogP contribution is -2.08. The number of nitrogens with one attached hydrogen (secondary N) is 1. The van der Waals surface area contributed by atoms with E-state index in [9.17, 15) is 4.79 Å². The van der Waals surface area contributed by atoms with Gasteiger partial charge in [-0.2, -0.15) is 5.10 Å². The lowest BCUT2D eigenvalue weighted by Gasteiger charge is -2.13. The van der Waals surface area contributed by atoms with Crippen LogP contribution >= 0.6 is 0 Å². The van der Waals surface area contributed by atoms with Crippen LogP contribution < -0.4 is 5.69 Å². The SMILES string of the molecule is O=c1[nH]nc2c3cc(-c4ccccc4)c(-c4ccc(C5OCCO5)cc4)nc3ccn12. The van der Waals surface area contributed by atoms with E-state index < -0.39 is 0 Å². The van der Waals surface area contributed by atoms with Gasteiger partial charge in [-0.3, -0.25) is 0 Å². The molecule has 6 rings (SSSR count). The Morgan fingerprint density at radius 3 is 2.48 bits per heavy atom. The van der Waals surface area contributed by atoms with E-state index in [-0.39, 0.29) is 12.0 Å². The quantitative estimate of drug-likeness (QED) is 0.487. The fourth-order valence-electron chi connectivity index (χ4n) is 4.02. The molecule has 0 amide bonds. The third-order valence-electron chi connectivity index (χ3n) is 5.54. The summed E-state index contributed by atoms with van der Waals surface area (Å²) in [4.78, 5) is 17.0. The first-order chi connectivity index (χ1) is 15.3. The molecule has 1 N–H and O–H groups in total. The van der Waals surface area contributed by atoms with Gasteiger partial charge in [0, 0.05) is 28.3 Å². The van der Waals surface area contributed by atoms with Gasteiger partial charge in [0.25, 0.3) is 0 Å². The Kier molecular flexibility index (Phi) is 4.15. The van der Waals surface area contributed by atoms with E-state index in [2.05, 4.69) is 28.4 Å². The normalized spacial score (nSPS) is 14.6. The molecule has 152 valence electrons. The minimum absolute atomic E-state index is 0.269. The van der Waals surface area contributed by atoms with Crippen molar-refractivity contribution in [2.24, 2.45) is 0 Å². The molecule has 4 heterocycles. The smallest absolute Gasteiger partial charge is 0.346 e. The maximum atomic E-state index is 12.0. The van der Waals surface area contributed by atoms with Gasteiger partial charge in [-0.1, -0.05) is 54.6 Å². The summed E-state index contributed by atoms with van der Waals surface area (Å²) in [7, 11) is 0. The molecule has 0 aliphatic carbocycles. The molecule has 7 nitrogen and oxygen atoms in total. The van der Waals surface area contributed by atoms with Crippen molar-refractivity contribution in [3.63, 3.8) is 0 Å². The second-order valence-electron chi connectivity index (χ2n) is 7.42. The molecule has 0 saturated carbocycles. The third-order valence-corrected chi connectivity index (χ3v) is 5.54. The van der Waals surface area contributed by atoms with Gasteiger partial charge in [0.2, 0.25) is 0 Å². The van der Waals surface area contributed by atoms with Crippen molar-refractivity contribution in [3.05, 3.63) is 89.0 Å². The van der Waals surface area contributed by atoms with Crippen molar-refractivity contribution >= 4 is 16.6 Å². The van der Waals surface area contributed by atoms with Crippen molar-refractivity contribution in [1.29, 1.82) is 0 Å². The maximum absolute atomic E-state index is 12.0. The van der Waals surface area contributed by atoms with Crippen molar-refractivity contribution < 1.29 is 9.47 Å². The highest BCUT2D eigenvalue weighted by Gasteiger charge is 2.19. The molecule has 1 fully saturated rings. The van der Waals surface area contributed by atoms with Crippen LogP contribution in [-0.4, -0.2) is 32.8 Å². The molecule has 1 aliphatic rings. The lowest BCUT2D eigenvalue weighted by molar-refractivity contribution is -0.0441. The van der Waals surface area contributed by atoms with E-state index in [1.165, 1.54) is 4.40 Å². The zero-order valence-corrected chi connectivity index (χ0v) is 16.5. The van der Waals surface area contributed by atoms with Gasteiger partial charge in [-0.15, -0.1) is 0 Å². The van der Waals surface area contributed by atoms with Crippen LogP contribution in [0.4, 0.5) is 0 Å². The number of rotatable bonds is 3. The standard InChI is InChI=1S/C24H18N4O3/c29-24-27-26-22-19-14-18(15-4-2-1-3-5-15)21(25-20(19)10-11-28(22)24)16-6-8-17(9-7-16)23-30-12-13-31-23/h1-11,14,23H,12-13H2,(H,27,29). The minimum atomic E-state index is -0.307. The molecule has 5 aromatic rings. The summed E-state index contributed by atoms with van der Waals surface area (Å²) < 4.78 is 12.7. The van der Waals surface area contributed by atoms with Crippen LogP contribution in [-0.2, 0) is 9.47 Å². The van der Waals surface area contributed by atoms with Crippen molar-refractivity contribution in [2.45, 2.75) is 6.29 Å². The zero-order chi connectivity index (χ0) is 20.8. The fourth-order valence-corrected chi connectivity index (χ4v) is 4.02. The first kappa shape index (κ1) is 18.0. The summed E-state index contributed by atoms with van der Waals surface area (Å²) in [6, 6.07) is 22.1. The average molecular weight is 410 g/mol. The van der Waals surface area contributed by atoms with Crippen LogP contribution in [0, 0.1) is 0 Å². The molecular formula is C24H18N4O3. The number of aromatic nitrogens is 4. The molecule has 31 heavy (non-hydrogen) atoms. The van der Waals surface area contributed by atoms with Gasteiger partial charge < -0.3 is 9.47 Å². The second kappa shape index (κ2) is 7.16. The van der Waals surface area contributed by atoms with Gasteiger partial charge >= 0.3 is 5.69 Å². The van der Waals surface area contributed by atoms with E-state index in [4.69, 9.17) is 14.5 Å². The van der Waals surface area contributed by atoms with Crippen LogP contribution in [0.3, 0.4) is 0 Å². The van der Waals surface area contributed by atoms with Gasteiger partial charge in [-0.05, 0) is 17.7 Å². The Morgan fingerprint density at radius 2 is 1.71 bits per heavy atom. The van der Waals surface area contributed by atoms with Crippen molar-refractivity contribution in [1.82, 2.24) is 19.6 Å². The molecular weight excluding hydrogens is 392 g/mol. The monoisotopic (exact) mass is 410 g/mol. The Balaban J connectivity index is 1.57. The number of aromatic amines is 1. The molecule has 0 unspecified atom stereocenters. The highest BCUT2D eigenvalue weighted by atomic mass is 16.7. The number of benzene rings is 2. The molecule has 3 aromatic heterocycles. The summed E-state index contributed by atoms with van der Waals surface area (Å²) in [5, 5.41) is 7.52. The van der Waals surface area contributed by atoms with Gasteiger partial charge in [0.1, 0.15) is 0 Å². The highest BCUT2D eigenvalue weighted by molar-refractivity contribution is 5.98. The van der Waals surface area contributed by atoms with Gasteiger partial charge in [0.15, 0.2) is 11.9 Å². The molecule has 1 saturated heterocycles. The van der Waals surface area contributed by atoms with E-state index in [0.717, 1.165) is 38.9 Å². The summed E-state index contributed by atoms with van der Waals surface area (Å²) >= 11 is 0.